The van der Waals surface area contributed by atoms with E-state index in [2.05, 4.69) is 15.3 Å². The summed E-state index contributed by atoms with van der Waals surface area (Å²) in [7, 11) is -2.71. The number of hydrogen-bond donors (Lipinski definition) is 1. The third kappa shape index (κ3) is 3.20. The first-order valence-corrected chi connectivity index (χ1v) is 9.20. The maximum absolute atomic E-state index is 14.9. The van der Waals surface area contributed by atoms with Crippen LogP contribution in [0.2, 0.25) is 5.02 Å². The second-order valence-corrected chi connectivity index (χ2v) is 7.50. The first kappa shape index (κ1) is 18.4. The van der Waals surface area contributed by atoms with Crippen LogP contribution in [-0.4, -0.2) is 29.4 Å². The Balaban J connectivity index is 2.28. The van der Waals surface area contributed by atoms with Crippen molar-refractivity contribution in [3.63, 3.8) is 0 Å². The molecule has 1 N–H and O–H groups in total. The standard InChI is InChI=1S/C16H13ClF2N4O2S/c1-20-7-10-9-23(26(24,25)13-5-4-11(17)8-22-13)15(14(10)18)12-3-2-6-21-16(12)19/h2-6,8-9,20H,7H2,1H3. The molecule has 0 atom stereocenters. The van der Waals surface area contributed by atoms with Crippen LogP contribution in [0.1, 0.15) is 5.56 Å². The molecule has 0 spiro atoms. The molecule has 6 nitrogen and oxygen atoms in total. The lowest BCUT2D eigenvalue weighted by Gasteiger charge is -2.10. The van der Waals surface area contributed by atoms with Crippen LogP contribution in [0, 0.1) is 11.8 Å². The number of pyridine rings is 2. The molecule has 0 radical (unpaired) electrons. The van der Waals surface area contributed by atoms with E-state index in [0.717, 1.165) is 12.4 Å². The van der Waals surface area contributed by atoms with Gasteiger partial charge < -0.3 is 5.32 Å². The second kappa shape index (κ2) is 7.10. The molecular weight excluding hydrogens is 386 g/mol. The maximum Gasteiger partial charge on any atom is 0.285 e. The highest BCUT2D eigenvalue weighted by molar-refractivity contribution is 7.90. The van der Waals surface area contributed by atoms with E-state index in [-0.39, 0.29) is 27.7 Å². The minimum atomic E-state index is -4.29. The third-order valence-corrected chi connectivity index (χ3v) is 5.39. The predicted molar refractivity (Wildman–Crippen MR) is 92.2 cm³/mol. The van der Waals surface area contributed by atoms with Gasteiger partial charge in [0.15, 0.2) is 10.8 Å². The Labute approximate surface area is 153 Å². The average molecular weight is 399 g/mol. The van der Waals surface area contributed by atoms with Crippen molar-refractivity contribution in [2.45, 2.75) is 11.6 Å². The number of nitrogens with zero attached hydrogens (tertiary/aromatic N) is 3. The lowest BCUT2D eigenvalue weighted by Crippen LogP contribution is -2.15. The third-order valence-electron chi connectivity index (χ3n) is 3.59. The molecule has 0 aliphatic heterocycles. The molecule has 3 aromatic heterocycles. The van der Waals surface area contributed by atoms with Crippen molar-refractivity contribution in [2.24, 2.45) is 0 Å². The van der Waals surface area contributed by atoms with Gasteiger partial charge in [0, 0.05) is 30.7 Å². The number of halogens is 3. The molecule has 0 aliphatic rings. The lowest BCUT2D eigenvalue weighted by atomic mass is 10.2. The van der Waals surface area contributed by atoms with E-state index in [4.69, 9.17) is 11.6 Å². The molecule has 0 saturated heterocycles. The molecule has 3 aromatic rings. The van der Waals surface area contributed by atoms with Crippen molar-refractivity contribution in [1.82, 2.24) is 19.3 Å². The fourth-order valence-electron chi connectivity index (χ4n) is 2.43. The summed E-state index contributed by atoms with van der Waals surface area (Å²) in [5, 5.41) is 2.64. The maximum atomic E-state index is 14.9. The summed E-state index contributed by atoms with van der Waals surface area (Å²) in [5.74, 6) is -1.84. The molecule has 0 saturated carbocycles. The van der Waals surface area contributed by atoms with Gasteiger partial charge in [0.05, 0.1) is 10.6 Å². The number of hydrogen-bond acceptors (Lipinski definition) is 5. The lowest BCUT2D eigenvalue weighted by molar-refractivity contribution is 0.573. The Morgan fingerprint density at radius 2 is 2.00 bits per heavy atom. The van der Waals surface area contributed by atoms with Crippen molar-refractivity contribution < 1.29 is 17.2 Å². The number of aromatic nitrogens is 3. The van der Waals surface area contributed by atoms with Crippen LogP contribution >= 0.6 is 11.6 Å². The zero-order valence-corrected chi connectivity index (χ0v) is 15.0. The summed E-state index contributed by atoms with van der Waals surface area (Å²) in [6.07, 6.45) is 3.44. The van der Waals surface area contributed by atoms with Gasteiger partial charge in [0.25, 0.3) is 10.0 Å². The zero-order valence-electron chi connectivity index (χ0n) is 13.4. The SMILES string of the molecule is CNCc1cn(S(=O)(=O)c2ccc(Cl)cn2)c(-c2cccnc2F)c1F. The summed E-state index contributed by atoms with van der Waals surface area (Å²) in [4.78, 5) is 7.25. The Morgan fingerprint density at radius 3 is 2.62 bits per heavy atom. The van der Waals surface area contributed by atoms with E-state index in [1.807, 2.05) is 0 Å². The quantitative estimate of drug-likeness (QED) is 0.669. The molecular formula is C16H13ClF2N4O2S. The Hall–Kier alpha value is -2.36. The van der Waals surface area contributed by atoms with Gasteiger partial charge in [-0.15, -0.1) is 0 Å². The minimum Gasteiger partial charge on any atom is -0.316 e. The zero-order chi connectivity index (χ0) is 18.9. The minimum absolute atomic E-state index is 0.0529. The highest BCUT2D eigenvalue weighted by atomic mass is 35.5. The van der Waals surface area contributed by atoms with Crippen LogP contribution in [-0.2, 0) is 16.6 Å². The molecule has 136 valence electrons. The number of rotatable bonds is 5. The van der Waals surface area contributed by atoms with Gasteiger partial charge in [-0.3, -0.25) is 0 Å². The van der Waals surface area contributed by atoms with Crippen LogP contribution in [0.4, 0.5) is 8.78 Å². The van der Waals surface area contributed by atoms with Crippen LogP contribution in [0.5, 0.6) is 0 Å². The fourth-order valence-corrected chi connectivity index (χ4v) is 3.85. The topological polar surface area (TPSA) is 76.9 Å². The summed E-state index contributed by atoms with van der Waals surface area (Å²) < 4.78 is 55.6. The monoisotopic (exact) mass is 398 g/mol. The van der Waals surface area contributed by atoms with E-state index >= 15 is 0 Å². The van der Waals surface area contributed by atoms with E-state index in [9.17, 15) is 17.2 Å². The first-order valence-electron chi connectivity index (χ1n) is 7.38. The van der Waals surface area contributed by atoms with Gasteiger partial charge in [-0.05, 0) is 31.3 Å². The van der Waals surface area contributed by atoms with Gasteiger partial charge in [0.1, 0.15) is 5.69 Å². The first-order chi connectivity index (χ1) is 12.4. The van der Waals surface area contributed by atoms with Crippen LogP contribution < -0.4 is 5.32 Å². The van der Waals surface area contributed by atoms with Crippen LogP contribution in [0.3, 0.4) is 0 Å². The van der Waals surface area contributed by atoms with Crippen molar-refractivity contribution in [3.05, 3.63) is 65.2 Å². The van der Waals surface area contributed by atoms with Crippen molar-refractivity contribution in [1.29, 1.82) is 0 Å². The highest BCUT2D eigenvalue weighted by Crippen LogP contribution is 2.31. The van der Waals surface area contributed by atoms with Crippen molar-refractivity contribution in [3.8, 4) is 11.3 Å². The van der Waals surface area contributed by atoms with Gasteiger partial charge in [0.2, 0.25) is 5.95 Å². The molecule has 0 unspecified atom stereocenters. The number of nitrogens with one attached hydrogen (secondary N) is 1. The molecule has 0 fully saturated rings. The van der Waals surface area contributed by atoms with Gasteiger partial charge in [-0.1, -0.05) is 11.6 Å². The van der Waals surface area contributed by atoms with Gasteiger partial charge in [-0.25, -0.2) is 18.3 Å². The van der Waals surface area contributed by atoms with Crippen molar-refractivity contribution in [2.75, 3.05) is 7.05 Å². The molecule has 0 amide bonds. The summed E-state index contributed by atoms with van der Waals surface area (Å²) in [6, 6.07) is 5.18. The second-order valence-electron chi connectivity index (χ2n) is 5.30. The summed E-state index contributed by atoms with van der Waals surface area (Å²) in [5.41, 5.74) is -0.661. The van der Waals surface area contributed by atoms with E-state index in [1.165, 1.54) is 30.5 Å². The van der Waals surface area contributed by atoms with E-state index < -0.39 is 27.5 Å². The smallest absolute Gasteiger partial charge is 0.285 e. The van der Waals surface area contributed by atoms with Crippen LogP contribution in [0.25, 0.3) is 11.3 Å². The molecule has 0 aliphatic carbocycles. The molecule has 0 bridgehead atoms. The Kier molecular flexibility index (Phi) is 5.03. The summed E-state index contributed by atoms with van der Waals surface area (Å²) >= 11 is 5.74. The van der Waals surface area contributed by atoms with Crippen molar-refractivity contribution >= 4 is 21.6 Å². The van der Waals surface area contributed by atoms with Crippen LogP contribution in [0.15, 0.2) is 47.9 Å². The molecule has 3 heterocycles. The highest BCUT2D eigenvalue weighted by Gasteiger charge is 2.29. The predicted octanol–water partition coefficient (Wildman–Crippen LogP) is 2.83. The summed E-state index contributed by atoms with van der Waals surface area (Å²) in [6.45, 7) is 0.0529. The molecule has 0 aromatic carbocycles. The van der Waals surface area contributed by atoms with Gasteiger partial charge in [-0.2, -0.15) is 12.8 Å². The van der Waals surface area contributed by atoms with Gasteiger partial charge >= 0.3 is 0 Å². The van der Waals surface area contributed by atoms with E-state index in [1.54, 1.807) is 7.05 Å². The Bertz CT molecular complexity index is 1050. The Morgan fingerprint density at radius 1 is 1.23 bits per heavy atom. The van der Waals surface area contributed by atoms with E-state index in [0.29, 0.717) is 3.97 Å². The molecule has 3 rings (SSSR count). The average Bonchev–Trinajstić information content (AvgIpc) is 2.94. The molecule has 26 heavy (non-hydrogen) atoms. The molecule has 10 heteroatoms. The fraction of sp³-hybridized carbons (Fsp3) is 0.125. The normalized spacial score (nSPS) is 11.7. The largest absolute Gasteiger partial charge is 0.316 e.